The zero-order chi connectivity index (χ0) is 20.2. The minimum Gasteiger partial charge on any atom is -0.364 e. The van der Waals surface area contributed by atoms with Gasteiger partial charge in [-0.25, -0.2) is 4.39 Å². The van der Waals surface area contributed by atoms with Gasteiger partial charge in [0.25, 0.3) is 0 Å². The highest BCUT2D eigenvalue weighted by Gasteiger charge is 2.42. The molecule has 0 aromatic heterocycles. The lowest BCUT2D eigenvalue weighted by molar-refractivity contribution is -0.117. The molecule has 2 aromatic carbocycles. The van der Waals surface area contributed by atoms with Crippen molar-refractivity contribution in [2.24, 2.45) is 5.41 Å². The zero-order valence-electron chi connectivity index (χ0n) is 17.4. The van der Waals surface area contributed by atoms with Gasteiger partial charge >= 0.3 is 0 Å². The lowest BCUT2D eigenvalue weighted by Gasteiger charge is -2.32. The van der Waals surface area contributed by atoms with Crippen LogP contribution in [0.25, 0.3) is 0 Å². The van der Waals surface area contributed by atoms with Crippen molar-refractivity contribution in [3.63, 3.8) is 0 Å². The van der Waals surface area contributed by atoms with Gasteiger partial charge in [-0.15, -0.1) is 0 Å². The van der Waals surface area contributed by atoms with E-state index in [0.717, 1.165) is 29.8 Å². The number of benzene rings is 2. The molecular formula is C24H29FN2O. The highest BCUT2D eigenvalue weighted by molar-refractivity contribution is 5.93. The van der Waals surface area contributed by atoms with Crippen molar-refractivity contribution in [3.05, 3.63) is 58.4 Å². The van der Waals surface area contributed by atoms with Crippen LogP contribution >= 0.6 is 0 Å². The predicted molar refractivity (Wildman–Crippen MR) is 112 cm³/mol. The van der Waals surface area contributed by atoms with Gasteiger partial charge in [-0.3, -0.25) is 4.79 Å². The van der Waals surface area contributed by atoms with E-state index in [0.29, 0.717) is 18.4 Å². The van der Waals surface area contributed by atoms with Crippen molar-refractivity contribution in [3.8, 4) is 0 Å². The molecule has 28 heavy (non-hydrogen) atoms. The topological polar surface area (TPSA) is 32.3 Å². The number of nitrogens with one attached hydrogen (secondary N) is 1. The monoisotopic (exact) mass is 380 g/mol. The summed E-state index contributed by atoms with van der Waals surface area (Å²) in [5.41, 5.74) is 6.68. The number of aryl methyl sites for hydroxylation is 2. The standard InChI is InChI=1S/C24H29FN2O/c1-14-8-18(9-15(2)23(14)26-22(28)12-24(3,4)5)27-13-16-10-21(27)19-7-6-17(25)11-20(16)19/h6-9,11,16,21H,10,12-13H2,1-5H3,(H,26,28)/t16-,21+/m0/s1. The van der Waals surface area contributed by atoms with Gasteiger partial charge in [0.05, 0.1) is 6.04 Å². The van der Waals surface area contributed by atoms with E-state index in [1.54, 1.807) is 12.1 Å². The summed E-state index contributed by atoms with van der Waals surface area (Å²) in [7, 11) is 0. The van der Waals surface area contributed by atoms with Crippen LogP contribution in [0.3, 0.4) is 0 Å². The molecule has 1 fully saturated rings. The Balaban J connectivity index is 1.58. The fraction of sp³-hybridized carbons (Fsp3) is 0.458. The van der Waals surface area contributed by atoms with E-state index in [2.05, 4.69) is 57.0 Å². The Kier molecular flexibility index (Phi) is 4.48. The van der Waals surface area contributed by atoms with Crippen molar-refractivity contribution in [2.45, 2.75) is 59.4 Å². The van der Waals surface area contributed by atoms with E-state index in [4.69, 9.17) is 0 Å². The predicted octanol–water partition coefficient (Wildman–Crippen LogP) is 5.87. The van der Waals surface area contributed by atoms with Crippen molar-refractivity contribution in [1.29, 1.82) is 0 Å². The van der Waals surface area contributed by atoms with Crippen LogP contribution in [-0.2, 0) is 4.79 Å². The zero-order valence-corrected chi connectivity index (χ0v) is 17.4. The molecule has 2 aromatic rings. The van der Waals surface area contributed by atoms with Crippen LogP contribution in [0, 0.1) is 25.1 Å². The Labute approximate surface area is 166 Å². The fourth-order valence-electron chi connectivity index (χ4n) is 4.81. The Morgan fingerprint density at radius 2 is 1.82 bits per heavy atom. The normalized spacial score (nSPS) is 20.4. The maximum Gasteiger partial charge on any atom is 0.224 e. The van der Waals surface area contributed by atoms with E-state index in [1.807, 2.05) is 6.07 Å². The SMILES string of the molecule is Cc1cc(N2C[C@@H]3C[C@@H]2c2ccc(F)cc23)cc(C)c1NC(=O)CC(C)(C)C. The number of fused-ring (bicyclic) bond motifs is 5. The van der Waals surface area contributed by atoms with E-state index in [-0.39, 0.29) is 17.1 Å². The molecule has 2 bridgehead atoms. The molecule has 0 saturated carbocycles. The second kappa shape index (κ2) is 6.61. The first-order valence-corrected chi connectivity index (χ1v) is 10.1. The summed E-state index contributed by atoms with van der Waals surface area (Å²) in [6.07, 6.45) is 1.55. The third-order valence-electron chi connectivity index (χ3n) is 5.95. The van der Waals surface area contributed by atoms with Crippen LogP contribution in [-0.4, -0.2) is 12.5 Å². The smallest absolute Gasteiger partial charge is 0.224 e. The molecule has 0 spiro atoms. The Morgan fingerprint density at radius 1 is 1.14 bits per heavy atom. The quantitative estimate of drug-likeness (QED) is 0.723. The summed E-state index contributed by atoms with van der Waals surface area (Å²) in [6.45, 7) is 11.3. The largest absolute Gasteiger partial charge is 0.364 e. The van der Waals surface area contributed by atoms with Gasteiger partial charge in [-0.05, 0) is 72.2 Å². The number of halogens is 1. The highest BCUT2D eigenvalue weighted by Crippen LogP contribution is 2.52. The minimum absolute atomic E-state index is 0.0342. The molecule has 3 nitrogen and oxygen atoms in total. The third-order valence-corrected chi connectivity index (χ3v) is 5.95. The van der Waals surface area contributed by atoms with Gasteiger partial charge in [-0.1, -0.05) is 26.8 Å². The number of carbonyl (C=O) groups excluding carboxylic acids is 1. The summed E-state index contributed by atoms with van der Waals surface area (Å²) in [6, 6.07) is 9.89. The second-order valence-corrected chi connectivity index (χ2v) is 9.61. The number of hydrogen-bond acceptors (Lipinski definition) is 2. The second-order valence-electron chi connectivity index (χ2n) is 9.61. The van der Waals surface area contributed by atoms with E-state index in [1.165, 1.54) is 16.8 Å². The summed E-state index contributed by atoms with van der Waals surface area (Å²) in [5.74, 6) is 0.324. The van der Waals surface area contributed by atoms with Crippen molar-refractivity contribution in [2.75, 3.05) is 16.8 Å². The Morgan fingerprint density at radius 3 is 2.46 bits per heavy atom. The van der Waals surface area contributed by atoms with Crippen LogP contribution in [0.4, 0.5) is 15.8 Å². The lowest BCUT2D eigenvalue weighted by atomic mass is 9.92. The third kappa shape index (κ3) is 3.41. The summed E-state index contributed by atoms with van der Waals surface area (Å²) >= 11 is 0. The summed E-state index contributed by atoms with van der Waals surface area (Å²) in [4.78, 5) is 14.8. The van der Waals surface area contributed by atoms with Gasteiger partial charge in [0, 0.05) is 30.3 Å². The van der Waals surface area contributed by atoms with Gasteiger partial charge in [0.2, 0.25) is 5.91 Å². The molecule has 1 saturated heterocycles. The Hall–Kier alpha value is -2.36. The molecule has 4 heteroatoms. The Bertz CT molecular complexity index is 921. The van der Waals surface area contributed by atoms with Crippen molar-refractivity contribution < 1.29 is 9.18 Å². The van der Waals surface area contributed by atoms with Gasteiger partial charge in [-0.2, -0.15) is 0 Å². The minimum atomic E-state index is -0.139. The average Bonchev–Trinajstić information content (AvgIpc) is 3.15. The summed E-state index contributed by atoms with van der Waals surface area (Å²) < 4.78 is 13.6. The molecule has 1 aliphatic carbocycles. The van der Waals surface area contributed by atoms with Crippen LogP contribution in [0.5, 0.6) is 0 Å². The number of rotatable bonds is 3. The van der Waals surface area contributed by atoms with E-state index in [9.17, 15) is 9.18 Å². The molecule has 2 atom stereocenters. The molecule has 0 radical (unpaired) electrons. The number of carbonyl (C=O) groups is 1. The van der Waals surface area contributed by atoms with Crippen LogP contribution in [0.15, 0.2) is 30.3 Å². The average molecular weight is 381 g/mol. The van der Waals surface area contributed by atoms with Crippen LogP contribution in [0.2, 0.25) is 0 Å². The number of anilines is 2. The lowest BCUT2D eigenvalue weighted by Crippen LogP contribution is -2.27. The molecule has 1 aliphatic heterocycles. The molecule has 1 heterocycles. The first-order valence-electron chi connectivity index (χ1n) is 10.1. The number of nitrogens with zero attached hydrogens (tertiary/aromatic N) is 1. The maximum atomic E-state index is 13.6. The number of amides is 1. The van der Waals surface area contributed by atoms with Crippen molar-refractivity contribution >= 4 is 17.3 Å². The first kappa shape index (κ1) is 19.0. The molecule has 2 aliphatic rings. The number of hydrogen-bond donors (Lipinski definition) is 1. The molecule has 0 unspecified atom stereocenters. The summed E-state index contributed by atoms with van der Waals surface area (Å²) in [5, 5.41) is 3.11. The first-order chi connectivity index (χ1) is 13.1. The molecular weight excluding hydrogens is 351 g/mol. The molecule has 148 valence electrons. The molecule has 4 rings (SSSR count). The van der Waals surface area contributed by atoms with E-state index < -0.39 is 0 Å². The van der Waals surface area contributed by atoms with E-state index >= 15 is 0 Å². The van der Waals surface area contributed by atoms with Crippen LogP contribution < -0.4 is 10.2 Å². The maximum absolute atomic E-state index is 13.6. The highest BCUT2D eigenvalue weighted by atomic mass is 19.1. The van der Waals surface area contributed by atoms with Gasteiger partial charge < -0.3 is 10.2 Å². The fourth-order valence-corrected chi connectivity index (χ4v) is 4.81. The molecule has 1 N–H and O–H groups in total. The van der Waals surface area contributed by atoms with Gasteiger partial charge in [0.15, 0.2) is 0 Å². The molecule has 1 amide bonds. The van der Waals surface area contributed by atoms with Crippen LogP contribution in [0.1, 0.15) is 67.8 Å². The van der Waals surface area contributed by atoms with Gasteiger partial charge in [0.1, 0.15) is 5.82 Å². The van der Waals surface area contributed by atoms with Crippen molar-refractivity contribution in [1.82, 2.24) is 0 Å².